The molecule has 0 atom stereocenters. The Kier molecular flexibility index (Phi) is 5.88. The van der Waals surface area contributed by atoms with Crippen LogP contribution in [0.2, 0.25) is 5.02 Å². The summed E-state index contributed by atoms with van der Waals surface area (Å²) in [5.74, 6) is -0.282. The van der Waals surface area contributed by atoms with E-state index in [0.717, 1.165) is 6.07 Å². The standard InChI is InChI=1S/C14H14ClN3O6S2/c15-10-6-11(13(26(17,22)23)7-12(10)25(16,20)21)18-14(19)8-24-9-4-2-1-3-5-9/h1-7H,8H2,(H,18,19)(H2,16,20,21)(H2,17,22,23). The minimum atomic E-state index is -4.38. The lowest BCUT2D eigenvalue weighted by Crippen LogP contribution is -2.23. The second-order valence-corrected chi connectivity index (χ2v) is 8.49. The number of ether oxygens (including phenoxy) is 1. The van der Waals surface area contributed by atoms with Gasteiger partial charge in [0.1, 0.15) is 15.5 Å². The van der Waals surface area contributed by atoms with E-state index in [-0.39, 0.29) is 10.7 Å². The summed E-state index contributed by atoms with van der Waals surface area (Å²) in [6.07, 6.45) is 0. The van der Waals surface area contributed by atoms with E-state index < -0.39 is 42.4 Å². The van der Waals surface area contributed by atoms with E-state index >= 15 is 0 Å². The van der Waals surface area contributed by atoms with E-state index in [9.17, 15) is 21.6 Å². The Morgan fingerprint density at radius 1 is 1.00 bits per heavy atom. The fourth-order valence-corrected chi connectivity index (χ4v) is 3.81. The number of nitrogens with two attached hydrogens (primary N) is 2. The molecule has 9 nitrogen and oxygen atoms in total. The first-order valence-electron chi connectivity index (χ1n) is 6.85. The number of para-hydroxylation sites is 1. The van der Waals surface area contributed by atoms with Crippen LogP contribution in [0.1, 0.15) is 0 Å². The van der Waals surface area contributed by atoms with Crippen LogP contribution in [0.25, 0.3) is 0 Å². The number of amides is 1. The predicted octanol–water partition coefficient (Wildman–Crippen LogP) is 0.652. The van der Waals surface area contributed by atoms with E-state index in [2.05, 4.69) is 5.32 Å². The monoisotopic (exact) mass is 419 g/mol. The Bertz CT molecular complexity index is 1040. The largest absolute Gasteiger partial charge is 0.484 e. The van der Waals surface area contributed by atoms with Crippen molar-refractivity contribution >= 4 is 43.2 Å². The molecule has 0 radical (unpaired) electrons. The van der Waals surface area contributed by atoms with Crippen LogP contribution in [0.15, 0.2) is 52.3 Å². The summed E-state index contributed by atoms with van der Waals surface area (Å²) in [6, 6.07) is 10.0. The molecule has 1 amide bonds. The topological polar surface area (TPSA) is 159 Å². The number of halogens is 1. The lowest BCUT2D eigenvalue weighted by molar-refractivity contribution is -0.118. The second kappa shape index (κ2) is 7.60. The number of carbonyl (C=O) groups is 1. The van der Waals surface area contributed by atoms with Gasteiger partial charge in [-0.05, 0) is 24.3 Å². The van der Waals surface area contributed by atoms with Gasteiger partial charge in [0.2, 0.25) is 20.0 Å². The van der Waals surface area contributed by atoms with E-state index in [4.69, 9.17) is 26.6 Å². The van der Waals surface area contributed by atoms with Crippen molar-refractivity contribution in [3.8, 4) is 5.75 Å². The maximum atomic E-state index is 12.0. The molecule has 0 saturated carbocycles. The van der Waals surface area contributed by atoms with Crippen molar-refractivity contribution in [3.63, 3.8) is 0 Å². The van der Waals surface area contributed by atoms with Gasteiger partial charge in [0, 0.05) is 0 Å². The number of nitrogens with one attached hydrogen (secondary N) is 1. The molecule has 0 aliphatic rings. The Balaban J connectivity index is 2.30. The number of primary sulfonamides is 2. The number of carbonyl (C=O) groups excluding carboxylic acids is 1. The first-order valence-corrected chi connectivity index (χ1v) is 10.3. The van der Waals surface area contributed by atoms with Crippen molar-refractivity contribution in [1.29, 1.82) is 0 Å². The van der Waals surface area contributed by atoms with Gasteiger partial charge in [-0.1, -0.05) is 29.8 Å². The van der Waals surface area contributed by atoms with Gasteiger partial charge in [-0.3, -0.25) is 4.79 Å². The van der Waals surface area contributed by atoms with Gasteiger partial charge in [-0.25, -0.2) is 27.1 Å². The van der Waals surface area contributed by atoms with E-state index in [1.165, 1.54) is 0 Å². The van der Waals surface area contributed by atoms with Crippen LogP contribution in [0.5, 0.6) is 5.75 Å². The first-order chi connectivity index (χ1) is 12.0. The molecule has 0 heterocycles. The molecule has 0 aliphatic heterocycles. The highest BCUT2D eigenvalue weighted by Gasteiger charge is 2.23. The van der Waals surface area contributed by atoms with Gasteiger partial charge in [-0.2, -0.15) is 0 Å². The van der Waals surface area contributed by atoms with Crippen LogP contribution in [0.3, 0.4) is 0 Å². The molecule has 140 valence electrons. The third-order valence-corrected chi connectivity index (χ3v) is 5.36. The third-order valence-electron chi connectivity index (χ3n) is 3.03. The molecule has 0 spiro atoms. The molecule has 0 fully saturated rings. The molecule has 2 aromatic carbocycles. The average molecular weight is 420 g/mol. The van der Waals surface area contributed by atoms with Gasteiger partial charge in [0.15, 0.2) is 6.61 Å². The molecule has 0 aromatic heterocycles. The summed E-state index contributed by atoms with van der Waals surface area (Å²) in [5, 5.41) is 11.9. The highest BCUT2D eigenvalue weighted by molar-refractivity contribution is 7.90. The zero-order valence-corrected chi connectivity index (χ0v) is 15.4. The number of rotatable bonds is 6. The average Bonchev–Trinajstić information content (AvgIpc) is 2.51. The van der Waals surface area contributed by atoms with E-state index in [0.29, 0.717) is 11.8 Å². The fourth-order valence-electron chi connectivity index (χ4n) is 1.94. The van der Waals surface area contributed by atoms with E-state index in [1.807, 2.05) is 0 Å². The summed E-state index contributed by atoms with van der Waals surface area (Å²) in [6.45, 7) is -0.428. The maximum Gasteiger partial charge on any atom is 0.262 e. The highest BCUT2D eigenvalue weighted by atomic mass is 35.5. The Morgan fingerprint density at radius 3 is 2.12 bits per heavy atom. The molecule has 0 bridgehead atoms. The van der Waals surface area contributed by atoms with Gasteiger partial charge < -0.3 is 10.1 Å². The number of benzene rings is 2. The summed E-state index contributed by atoms with van der Waals surface area (Å²) in [7, 11) is -8.68. The first kappa shape index (κ1) is 20.1. The summed E-state index contributed by atoms with van der Waals surface area (Å²) < 4.78 is 51.6. The predicted molar refractivity (Wildman–Crippen MR) is 94.8 cm³/mol. The molecule has 0 unspecified atom stereocenters. The SMILES string of the molecule is NS(=O)(=O)c1cc(S(N)(=O)=O)c(NC(=O)COc2ccccc2)cc1Cl. The zero-order valence-electron chi connectivity index (χ0n) is 13.0. The molecule has 0 saturated heterocycles. The quantitative estimate of drug-likeness (QED) is 0.623. The van der Waals surface area contributed by atoms with Crippen LogP contribution < -0.4 is 20.3 Å². The van der Waals surface area contributed by atoms with Gasteiger partial charge in [0.05, 0.1) is 10.7 Å². The van der Waals surface area contributed by atoms with Gasteiger partial charge in [0.25, 0.3) is 5.91 Å². The van der Waals surface area contributed by atoms with Crippen molar-refractivity contribution < 1.29 is 26.4 Å². The maximum absolute atomic E-state index is 12.0. The van der Waals surface area contributed by atoms with Crippen molar-refractivity contribution in [2.24, 2.45) is 10.3 Å². The van der Waals surface area contributed by atoms with Crippen LogP contribution in [-0.2, 0) is 24.8 Å². The van der Waals surface area contributed by atoms with Crippen molar-refractivity contribution in [1.82, 2.24) is 0 Å². The number of anilines is 1. The van der Waals surface area contributed by atoms with Crippen LogP contribution in [0, 0.1) is 0 Å². The van der Waals surface area contributed by atoms with Gasteiger partial charge >= 0.3 is 0 Å². The minimum Gasteiger partial charge on any atom is -0.484 e. The van der Waals surface area contributed by atoms with Crippen molar-refractivity contribution in [3.05, 3.63) is 47.5 Å². The third kappa shape index (κ3) is 5.16. The Labute approximate surface area is 155 Å². The molecule has 26 heavy (non-hydrogen) atoms. The number of sulfonamides is 2. The number of hydrogen-bond donors (Lipinski definition) is 3. The normalized spacial score (nSPS) is 11.8. The molecule has 5 N–H and O–H groups in total. The molecule has 2 rings (SSSR count). The molecule has 2 aromatic rings. The lowest BCUT2D eigenvalue weighted by atomic mass is 10.3. The second-order valence-electron chi connectivity index (χ2n) is 5.02. The minimum absolute atomic E-state index is 0.299. The number of hydrogen-bond acceptors (Lipinski definition) is 6. The van der Waals surface area contributed by atoms with Crippen LogP contribution in [0.4, 0.5) is 5.69 Å². The Morgan fingerprint density at radius 2 is 1.58 bits per heavy atom. The summed E-state index contributed by atoms with van der Waals surface area (Å²) in [4.78, 5) is 10.7. The van der Waals surface area contributed by atoms with Crippen molar-refractivity contribution in [2.45, 2.75) is 9.79 Å². The smallest absolute Gasteiger partial charge is 0.262 e. The lowest BCUT2D eigenvalue weighted by Gasteiger charge is -2.13. The molecule has 0 aliphatic carbocycles. The highest BCUT2D eigenvalue weighted by Crippen LogP contribution is 2.30. The summed E-state index contributed by atoms with van der Waals surface area (Å²) >= 11 is 5.82. The molecular weight excluding hydrogens is 406 g/mol. The van der Waals surface area contributed by atoms with Crippen LogP contribution in [-0.4, -0.2) is 29.3 Å². The fraction of sp³-hybridized carbons (Fsp3) is 0.0714. The molecular formula is C14H14ClN3O6S2. The van der Waals surface area contributed by atoms with Gasteiger partial charge in [-0.15, -0.1) is 0 Å². The zero-order chi connectivity index (χ0) is 19.5. The Hall–Kier alpha value is -2.18. The molecule has 12 heteroatoms. The van der Waals surface area contributed by atoms with E-state index in [1.54, 1.807) is 30.3 Å². The van der Waals surface area contributed by atoms with Crippen molar-refractivity contribution in [2.75, 3.05) is 11.9 Å². The van der Waals surface area contributed by atoms with Crippen LogP contribution >= 0.6 is 11.6 Å². The summed E-state index contributed by atoms with van der Waals surface area (Å²) in [5.41, 5.74) is -0.299.